The van der Waals surface area contributed by atoms with Crippen molar-refractivity contribution in [2.45, 2.75) is 18.7 Å². The Morgan fingerprint density at radius 1 is 1.14 bits per heavy atom. The van der Waals surface area contributed by atoms with Crippen molar-refractivity contribution in [1.29, 1.82) is 0 Å². The van der Waals surface area contributed by atoms with Crippen LogP contribution in [0.1, 0.15) is 13.8 Å². The van der Waals surface area contributed by atoms with Crippen LogP contribution in [0.25, 0.3) is 0 Å². The van der Waals surface area contributed by atoms with Crippen LogP contribution in [-0.4, -0.2) is 56.3 Å². The van der Waals surface area contributed by atoms with E-state index in [-0.39, 0.29) is 10.8 Å². The normalized spacial score (nSPS) is 17.6. The van der Waals surface area contributed by atoms with Gasteiger partial charge in [-0.1, -0.05) is 6.92 Å². The SMILES string of the molecule is CCN1CCN(S(=O)(=O)c2ccc(NC(C)=O)cc2)CC1. The van der Waals surface area contributed by atoms with E-state index in [0.29, 0.717) is 18.8 Å². The Morgan fingerprint density at radius 2 is 1.71 bits per heavy atom. The summed E-state index contributed by atoms with van der Waals surface area (Å²) in [4.78, 5) is 13.5. The standard InChI is InChI=1S/C14H21N3O3S/c1-3-16-8-10-17(11-9-16)21(19,20)14-6-4-13(5-7-14)15-12(2)18/h4-7H,3,8-11H2,1-2H3,(H,15,18). The van der Waals surface area contributed by atoms with Crippen LogP contribution in [0.3, 0.4) is 0 Å². The topological polar surface area (TPSA) is 69.7 Å². The third-order valence-corrected chi connectivity index (χ3v) is 5.50. The minimum Gasteiger partial charge on any atom is -0.326 e. The summed E-state index contributed by atoms with van der Waals surface area (Å²) in [5.74, 6) is -0.179. The molecule has 1 aliphatic heterocycles. The van der Waals surface area contributed by atoms with E-state index in [1.54, 1.807) is 12.1 Å². The molecule has 0 radical (unpaired) electrons. The number of piperazine rings is 1. The van der Waals surface area contributed by atoms with Gasteiger partial charge in [0.2, 0.25) is 15.9 Å². The van der Waals surface area contributed by atoms with Crippen LogP contribution in [0.5, 0.6) is 0 Å². The number of carbonyl (C=O) groups is 1. The van der Waals surface area contributed by atoms with Crippen molar-refractivity contribution < 1.29 is 13.2 Å². The fraction of sp³-hybridized carbons (Fsp3) is 0.500. The molecule has 1 amide bonds. The summed E-state index contributed by atoms with van der Waals surface area (Å²) in [6, 6.07) is 6.28. The number of hydrogen-bond acceptors (Lipinski definition) is 4. The molecule has 0 spiro atoms. The second kappa shape index (κ2) is 6.55. The first kappa shape index (κ1) is 15.9. The number of carbonyl (C=O) groups excluding carboxylic acids is 1. The quantitative estimate of drug-likeness (QED) is 0.899. The van der Waals surface area contributed by atoms with Crippen molar-refractivity contribution in [3.8, 4) is 0 Å². The molecule has 1 aromatic carbocycles. The molecular weight excluding hydrogens is 290 g/mol. The van der Waals surface area contributed by atoms with Crippen LogP contribution in [0.15, 0.2) is 29.2 Å². The molecular formula is C14H21N3O3S. The maximum atomic E-state index is 12.5. The van der Waals surface area contributed by atoms with Crippen molar-refractivity contribution in [3.05, 3.63) is 24.3 Å². The van der Waals surface area contributed by atoms with Crippen LogP contribution >= 0.6 is 0 Å². The Hall–Kier alpha value is -1.44. The van der Waals surface area contributed by atoms with E-state index in [2.05, 4.69) is 17.1 Å². The highest BCUT2D eigenvalue weighted by Gasteiger charge is 2.27. The lowest BCUT2D eigenvalue weighted by atomic mass is 10.3. The fourth-order valence-electron chi connectivity index (χ4n) is 2.35. The minimum atomic E-state index is -3.44. The van der Waals surface area contributed by atoms with Gasteiger partial charge in [-0.15, -0.1) is 0 Å². The molecule has 1 heterocycles. The van der Waals surface area contributed by atoms with Gasteiger partial charge in [-0.05, 0) is 30.8 Å². The molecule has 0 bridgehead atoms. The van der Waals surface area contributed by atoms with Gasteiger partial charge in [0.25, 0.3) is 0 Å². The van der Waals surface area contributed by atoms with Crippen molar-refractivity contribution in [1.82, 2.24) is 9.21 Å². The van der Waals surface area contributed by atoms with E-state index in [1.165, 1.54) is 23.4 Å². The summed E-state index contributed by atoms with van der Waals surface area (Å²) in [6.45, 7) is 6.99. The van der Waals surface area contributed by atoms with Crippen molar-refractivity contribution in [3.63, 3.8) is 0 Å². The lowest BCUT2D eigenvalue weighted by molar-refractivity contribution is -0.114. The minimum absolute atomic E-state index is 0.179. The average Bonchev–Trinajstić information content (AvgIpc) is 2.47. The van der Waals surface area contributed by atoms with E-state index >= 15 is 0 Å². The fourth-order valence-corrected chi connectivity index (χ4v) is 3.77. The summed E-state index contributed by atoms with van der Waals surface area (Å²) < 4.78 is 26.6. The van der Waals surface area contributed by atoms with E-state index in [4.69, 9.17) is 0 Å². The highest BCUT2D eigenvalue weighted by Crippen LogP contribution is 2.19. The van der Waals surface area contributed by atoms with Gasteiger partial charge in [0.05, 0.1) is 4.90 Å². The number of benzene rings is 1. The molecule has 0 unspecified atom stereocenters. The van der Waals surface area contributed by atoms with Crippen LogP contribution in [0, 0.1) is 0 Å². The smallest absolute Gasteiger partial charge is 0.243 e. The van der Waals surface area contributed by atoms with E-state index in [0.717, 1.165) is 19.6 Å². The number of nitrogens with zero attached hydrogens (tertiary/aromatic N) is 2. The Labute approximate surface area is 125 Å². The molecule has 6 nitrogen and oxygen atoms in total. The average molecular weight is 311 g/mol. The maximum absolute atomic E-state index is 12.5. The van der Waals surface area contributed by atoms with Crippen molar-refractivity contribution in [2.75, 3.05) is 38.0 Å². The second-order valence-corrected chi connectivity index (χ2v) is 6.98. The highest BCUT2D eigenvalue weighted by molar-refractivity contribution is 7.89. The number of sulfonamides is 1. The van der Waals surface area contributed by atoms with Crippen LogP contribution < -0.4 is 5.32 Å². The summed E-state index contributed by atoms with van der Waals surface area (Å²) >= 11 is 0. The maximum Gasteiger partial charge on any atom is 0.243 e. The molecule has 1 aromatic rings. The van der Waals surface area contributed by atoms with Crippen LogP contribution in [0.2, 0.25) is 0 Å². The second-order valence-electron chi connectivity index (χ2n) is 5.04. The first-order valence-electron chi connectivity index (χ1n) is 7.03. The van der Waals surface area contributed by atoms with E-state index in [9.17, 15) is 13.2 Å². The summed E-state index contributed by atoms with van der Waals surface area (Å²) in [5, 5.41) is 2.62. The van der Waals surface area contributed by atoms with E-state index < -0.39 is 10.0 Å². The summed E-state index contributed by atoms with van der Waals surface area (Å²) in [7, 11) is -3.44. The lowest BCUT2D eigenvalue weighted by Crippen LogP contribution is -2.48. The molecule has 1 fully saturated rings. The van der Waals surface area contributed by atoms with Gasteiger partial charge in [0, 0.05) is 38.8 Å². The molecule has 2 rings (SSSR count). The number of likely N-dealkylation sites (N-methyl/N-ethyl adjacent to an activating group) is 1. The van der Waals surface area contributed by atoms with Crippen LogP contribution in [-0.2, 0) is 14.8 Å². The zero-order valence-corrected chi connectivity index (χ0v) is 13.2. The van der Waals surface area contributed by atoms with Gasteiger partial charge < -0.3 is 10.2 Å². The largest absolute Gasteiger partial charge is 0.326 e. The number of anilines is 1. The first-order valence-corrected chi connectivity index (χ1v) is 8.47. The molecule has 21 heavy (non-hydrogen) atoms. The molecule has 0 saturated carbocycles. The first-order chi connectivity index (χ1) is 9.93. The highest BCUT2D eigenvalue weighted by atomic mass is 32.2. The molecule has 7 heteroatoms. The van der Waals surface area contributed by atoms with Gasteiger partial charge in [0.15, 0.2) is 0 Å². The Kier molecular flexibility index (Phi) is 4.97. The Balaban J connectivity index is 2.11. The molecule has 1 aliphatic rings. The molecule has 0 atom stereocenters. The zero-order valence-electron chi connectivity index (χ0n) is 12.4. The van der Waals surface area contributed by atoms with Gasteiger partial charge in [-0.3, -0.25) is 4.79 Å². The van der Waals surface area contributed by atoms with Gasteiger partial charge in [-0.25, -0.2) is 8.42 Å². The van der Waals surface area contributed by atoms with Gasteiger partial charge >= 0.3 is 0 Å². The summed E-state index contributed by atoms with van der Waals surface area (Å²) in [5.41, 5.74) is 0.595. The Bertz CT molecular complexity index is 590. The molecule has 116 valence electrons. The third-order valence-electron chi connectivity index (χ3n) is 3.59. The van der Waals surface area contributed by atoms with Crippen molar-refractivity contribution >= 4 is 21.6 Å². The molecule has 1 saturated heterocycles. The number of amides is 1. The van der Waals surface area contributed by atoms with Gasteiger partial charge in [0.1, 0.15) is 0 Å². The van der Waals surface area contributed by atoms with Gasteiger partial charge in [-0.2, -0.15) is 4.31 Å². The predicted molar refractivity (Wildman–Crippen MR) is 81.6 cm³/mol. The number of rotatable bonds is 4. The molecule has 1 N–H and O–H groups in total. The monoisotopic (exact) mass is 311 g/mol. The number of nitrogens with one attached hydrogen (secondary N) is 1. The van der Waals surface area contributed by atoms with Crippen molar-refractivity contribution in [2.24, 2.45) is 0 Å². The Morgan fingerprint density at radius 3 is 2.19 bits per heavy atom. The molecule has 0 aromatic heterocycles. The third kappa shape index (κ3) is 3.81. The predicted octanol–water partition coefficient (Wildman–Crippen LogP) is 0.971. The van der Waals surface area contributed by atoms with Crippen LogP contribution in [0.4, 0.5) is 5.69 Å². The number of hydrogen-bond donors (Lipinski definition) is 1. The lowest BCUT2D eigenvalue weighted by Gasteiger charge is -2.33. The summed E-state index contributed by atoms with van der Waals surface area (Å²) in [6.07, 6.45) is 0. The molecule has 0 aliphatic carbocycles. The van der Waals surface area contributed by atoms with E-state index in [1.807, 2.05) is 0 Å². The zero-order chi connectivity index (χ0) is 15.5.